The highest BCUT2D eigenvalue weighted by Crippen LogP contribution is 2.35. The van der Waals surface area contributed by atoms with Gasteiger partial charge in [-0.2, -0.15) is 0 Å². The van der Waals surface area contributed by atoms with Gasteiger partial charge in [0.05, 0.1) is 22.5 Å². The second-order valence-corrected chi connectivity index (χ2v) is 9.35. The van der Waals surface area contributed by atoms with E-state index in [0.717, 1.165) is 23.3 Å². The first-order chi connectivity index (χ1) is 18.7. The Morgan fingerprint density at radius 2 is 1.77 bits per heavy atom. The van der Waals surface area contributed by atoms with Crippen molar-refractivity contribution >= 4 is 29.2 Å². The van der Waals surface area contributed by atoms with Crippen molar-refractivity contribution in [3.63, 3.8) is 0 Å². The molecule has 0 bridgehead atoms. The van der Waals surface area contributed by atoms with Gasteiger partial charge in [-0.05, 0) is 48.2 Å². The molecular weight excluding hydrogens is 526 g/mol. The fourth-order valence-electron chi connectivity index (χ4n) is 3.89. The summed E-state index contributed by atoms with van der Waals surface area (Å²) in [6, 6.07) is 14.9. The molecule has 0 unspecified atom stereocenters. The molecule has 0 aliphatic rings. The summed E-state index contributed by atoms with van der Waals surface area (Å²) in [5, 5.41) is 4.32. The van der Waals surface area contributed by atoms with E-state index in [0.29, 0.717) is 11.4 Å². The lowest BCUT2D eigenvalue weighted by molar-refractivity contribution is 0.0966. The third kappa shape index (κ3) is 6.38. The molecule has 0 fully saturated rings. The van der Waals surface area contributed by atoms with Crippen LogP contribution >= 0.6 is 11.6 Å². The van der Waals surface area contributed by atoms with E-state index >= 15 is 4.39 Å². The zero-order valence-corrected chi connectivity index (χ0v) is 22.1. The van der Waals surface area contributed by atoms with Gasteiger partial charge in [0.25, 0.3) is 5.91 Å². The van der Waals surface area contributed by atoms with Crippen molar-refractivity contribution in [3.05, 3.63) is 106 Å². The molecule has 4 rings (SSSR count). The predicted octanol–water partition coefficient (Wildman–Crippen LogP) is 7.05. The molecule has 0 aliphatic carbocycles. The van der Waals surface area contributed by atoms with E-state index in [2.05, 4.69) is 20.6 Å². The predicted molar refractivity (Wildman–Crippen MR) is 145 cm³/mol. The van der Waals surface area contributed by atoms with E-state index in [4.69, 9.17) is 16.3 Å². The number of hydrogen-bond donors (Lipinski definition) is 2. The summed E-state index contributed by atoms with van der Waals surface area (Å²) < 4.78 is 35.9. The minimum absolute atomic E-state index is 0.0103. The Balaban J connectivity index is 1.56. The van der Waals surface area contributed by atoms with Gasteiger partial charge in [0, 0.05) is 6.20 Å². The summed E-state index contributed by atoms with van der Waals surface area (Å²) >= 11 is 6.22. The number of nitrogens with zero attached hydrogens (tertiary/aromatic N) is 2. The van der Waals surface area contributed by atoms with Gasteiger partial charge in [-0.1, -0.05) is 61.8 Å². The lowest BCUT2D eigenvalue weighted by atomic mass is 10.1. The number of hydrogen-bond acceptors (Lipinski definition) is 5. The summed E-state index contributed by atoms with van der Waals surface area (Å²) in [6.07, 6.45) is 1.63. The summed E-state index contributed by atoms with van der Waals surface area (Å²) in [5.74, 6) is -2.74. The largest absolute Gasteiger partial charge is 0.488 e. The molecular formula is C29H25ClF2N4O3. The van der Waals surface area contributed by atoms with Crippen molar-refractivity contribution in [2.24, 2.45) is 0 Å². The normalized spacial score (nSPS) is 10.8. The highest BCUT2D eigenvalue weighted by atomic mass is 35.5. The number of pyridine rings is 2. The number of amides is 3. The number of carbonyl (C=O) groups is 2. The van der Waals surface area contributed by atoms with Crippen LogP contribution in [0.3, 0.4) is 0 Å². The molecule has 2 aromatic carbocycles. The van der Waals surface area contributed by atoms with Crippen molar-refractivity contribution in [1.82, 2.24) is 15.3 Å². The van der Waals surface area contributed by atoms with Crippen molar-refractivity contribution < 1.29 is 23.1 Å². The molecule has 7 nitrogen and oxygen atoms in total. The Kier molecular flexibility index (Phi) is 8.51. The van der Waals surface area contributed by atoms with Gasteiger partial charge in [0.15, 0.2) is 5.82 Å². The van der Waals surface area contributed by atoms with Gasteiger partial charge in [-0.15, -0.1) is 0 Å². The molecule has 3 amide bonds. The molecule has 2 heterocycles. The number of ether oxygens (including phenoxy) is 1. The average molecular weight is 551 g/mol. The Labute approximate surface area is 229 Å². The van der Waals surface area contributed by atoms with Crippen molar-refractivity contribution in [3.8, 4) is 17.0 Å². The zero-order valence-electron chi connectivity index (χ0n) is 21.4. The van der Waals surface area contributed by atoms with Crippen LogP contribution < -0.4 is 15.4 Å². The molecule has 200 valence electrons. The van der Waals surface area contributed by atoms with E-state index in [1.807, 2.05) is 44.2 Å². The Bertz CT molecular complexity index is 1530. The van der Waals surface area contributed by atoms with Crippen LogP contribution in [0.25, 0.3) is 11.3 Å². The number of benzene rings is 2. The molecule has 10 heteroatoms. The third-order valence-electron chi connectivity index (χ3n) is 5.82. The number of anilines is 1. The van der Waals surface area contributed by atoms with E-state index in [-0.39, 0.29) is 23.8 Å². The Morgan fingerprint density at radius 3 is 2.49 bits per heavy atom. The summed E-state index contributed by atoms with van der Waals surface area (Å²) in [7, 11) is 0. The lowest BCUT2D eigenvalue weighted by Crippen LogP contribution is -2.35. The fraction of sp³-hybridized carbons (Fsp3) is 0.172. The second-order valence-electron chi connectivity index (χ2n) is 9.00. The molecule has 0 saturated heterocycles. The first kappa shape index (κ1) is 27.7. The number of aryl methyl sites for hydroxylation is 1. The van der Waals surface area contributed by atoms with Gasteiger partial charge >= 0.3 is 6.03 Å². The number of aromatic nitrogens is 2. The second kappa shape index (κ2) is 12.0. The van der Waals surface area contributed by atoms with Crippen LogP contribution in [0.4, 0.5) is 19.3 Å². The smallest absolute Gasteiger partial charge is 0.326 e. The number of nitrogens with one attached hydrogen (secondary N) is 2. The lowest BCUT2D eigenvalue weighted by Gasteiger charge is -2.16. The maximum atomic E-state index is 15.2. The van der Waals surface area contributed by atoms with Gasteiger partial charge in [0.1, 0.15) is 29.0 Å². The van der Waals surface area contributed by atoms with Gasteiger partial charge in [-0.3, -0.25) is 15.1 Å². The van der Waals surface area contributed by atoms with Gasteiger partial charge in [-0.25, -0.2) is 18.6 Å². The zero-order chi connectivity index (χ0) is 28.1. The molecule has 0 atom stereocenters. The Hall–Kier alpha value is -4.37. The maximum Gasteiger partial charge on any atom is 0.326 e. The highest BCUT2D eigenvalue weighted by Gasteiger charge is 2.24. The molecule has 0 spiro atoms. The number of rotatable bonds is 7. The molecule has 0 aliphatic heterocycles. The summed E-state index contributed by atoms with van der Waals surface area (Å²) in [5.41, 5.74) is 1.60. The first-order valence-corrected chi connectivity index (χ1v) is 12.4. The monoisotopic (exact) mass is 550 g/mol. The van der Waals surface area contributed by atoms with Crippen LogP contribution in [0.2, 0.25) is 5.15 Å². The molecule has 0 radical (unpaired) electrons. The minimum atomic E-state index is -1.02. The van der Waals surface area contributed by atoms with Gasteiger partial charge in [0.2, 0.25) is 0 Å². The molecule has 39 heavy (non-hydrogen) atoms. The van der Waals surface area contributed by atoms with Crippen LogP contribution in [0, 0.1) is 18.6 Å². The number of imide groups is 1. The van der Waals surface area contributed by atoms with E-state index in [1.54, 1.807) is 19.2 Å². The maximum absolute atomic E-state index is 15.2. The molecule has 2 aromatic heterocycles. The topological polar surface area (TPSA) is 93.2 Å². The van der Waals surface area contributed by atoms with Crippen LogP contribution in [-0.4, -0.2) is 21.9 Å². The van der Waals surface area contributed by atoms with Crippen LogP contribution in [0.15, 0.2) is 66.9 Å². The quantitative estimate of drug-likeness (QED) is 0.241. The average Bonchev–Trinajstić information content (AvgIpc) is 2.90. The third-order valence-corrected chi connectivity index (χ3v) is 6.11. The minimum Gasteiger partial charge on any atom is -0.488 e. The van der Waals surface area contributed by atoms with E-state index in [1.165, 1.54) is 12.1 Å². The first-order valence-electron chi connectivity index (χ1n) is 12.0. The number of urea groups is 1. The van der Waals surface area contributed by atoms with Crippen molar-refractivity contribution in [1.29, 1.82) is 0 Å². The van der Waals surface area contributed by atoms with Crippen LogP contribution in [0.5, 0.6) is 5.75 Å². The number of carbonyl (C=O) groups excluding carboxylic acids is 2. The van der Waals surface area contributed by atoms with E-state index in [9.17, 15) is 14.0 Å². The van der Waals surface area contributed by atoms with E-state index < -0.39 is 40.0 Å². The summed E-state index contributed by atoms with van der Waals surface area (Å²) in [6.45, 7) is 5.73. The Morgan fingerprint density at radius 1 is 1.03 bits per heavy atom. The van der Waals surface area contributed by atoms with Crippen molar-refractivity contribution in [2.75, 3.05) is 5.32 Å². The standard InChI is InChI=1S/C29H25ClF2N4O3/c1-16(2)24-25(17(3)12-13-33-24)35-29(38)36-28(37)19-14-21(32)26(34-27(19)30)23-20(31)10-7-11-22(23)39-15-18-8-5-4-6-9-18/h4-14,16H,15H2,1-3H3,(H2,35,36,37,38). The molecule has 4 aromatic rings. The molecule has 2 N–H and O–H groups in total. The summed E-state index contributed by atoms with van der Waals surface area (Å²) in [4.78, 5) is 33.6. The number of halogens is 3. The van der Waals surface area contributed by atoms with Crippen molar-refractivity contribution in [2.45, 2.75) is 33.3 Å². The highest BCUT2D eigenvalue weighted by molar-refractivity contribution is 6.33. The molecule has 0 saturated carbocycles. The SMILES string of the molecule is Cc1ccnc(C(C)C)c1NC(=O)NC(=O)c1cc(F)c(-c2c(F)cccc2OCc2ccccc2)nc1Cl. The fourth-order valence-corrected chi connectivity index (χ4v) is 4.11. The van der Waals surface area contributed by atoms with Crippen LogP contribution in [-0.2, 0) is 6.61 Å². The van der Waals surface area contributed by atoms with Gasteiger partial charge < -0.3 is 10.1 Å². The van der Waals surface area contributed by atoms with Crippen LogP contribution in [0.1, 0.15) is 46.9 Å².